The van der Waals surface area contributed by atoms with Crippen LogP contribution in [0.1, 0.15) is 32.8 Å². The fourth-order valence-electron chi connectivity index (χ4n) is 3.03. The quantitative estimate of drug-likeness (QED) is 0.477. The number of halogens is 1. The summed E-state index contributed by atoms with van der Waals surface area (Å²) in [5.74, 6) is 0.902. The van der Waals surface area contributed by atoms with Crippen LogP contribution in [-0.2, 0) is 16.1 Å². The molecule has 6 nitrogen and oxygen atoms in total. The SMILES string of the molecule is CCC(C(=O)NC(C)C)N(Cc1cccc(OC)c1)C(=O)COc1ccc(I)cc1. The first-order chi connectivity index (χ1) is 14.3. The van der Waals surface area contributed by atoms with Crippen molar-refractivity contribution in [1.82, 2.24) is 10.2 Å². The van der Waals surface area contributed by atoms with Crippen molar-refractivity contribution < 1.29 is 19.1 Å². The number of hydrogen-bond donors (Lipinski definition) is 1. The topological polar surface area (TPSA) is 67.9 Å². The van der Waals surface area contributed by atoms with Crippen molar-refractivity contribution >= 4 is 34.4 Å². The third kappa shape index (κ3) is 7.19. The second-order valence-electron chi connectivity index (χ2n) is 7.20. The number of rotatable bonds is 10. The number of nitrogens with one attached hydrogen (secondary N) is 1. The molecule has 7 heteroatoms. The van der Waals surface area contributed by atoms with Crippen LogP contribution in [-0.4, -0.2) is 42.5 Å². The average molecular weight is 524 g/mol. The van der Waals surface area contributed by atoms with Gasteiger partial charge in [0.2, 0.25) is 5.91 Å². The molecule has 2 rings (SSSR count). The first-order valence-corrected chi connectivity index (χ1v) is 11.0. The Kier molecular flexibility index (Phi) is 9.42. The van der Waals surface area contributed by atoms with Gasteiger partial charge in [0.15, 0.2) is 6.61 Å². The van der Waals surface area contributed by atoms with Crippen molar-refractivity contribution in [2.75, 3.05) is 13.7 Å². The molecular weight excluding hydrogens is 495 g/mol. The van der Waals surface area contributed by atoms with E-state index >= 15 is 0 Å². The highest BCUT2D eigenvalue weighted by Gasteiger charge is 2.29. The maximum atomic E-state index is 13.1. The average Bonchev–Trinajstić information content (AvgIpc) is 2.72. The van der Waals surface area contributed by atoms with Gasteiger partial charge >= 0.3 is 0 Å². The lowest BCUT2D eigenvalue weighted by molar-refractivity contribution is -0.143. The van der Waals surface area contributed by atoms with Gasteiger partial charge in [-0.1, -0.05) is 19.1 Å². The second-order valence-corrected chi connectivity index (χ2v) is 8.45. The smallest absolute Gasteiger partial charge is 0.261 e. The Labute approximate surface area is 192 Å². The summed E-state index contributed by atoms with van der Waals surface area (Å²) in [5.41, 5.74) is 0.882. The minimum absolute atomic E-state index is 0.0108. The lowest BCUT2D eigenvalue weighted by Crippen LogP contribution is -2.51. The largest absolute Gasteiger partial charge is 0.497 e. The summed E-state index contributed by atoms with van der Waals surface area (Å²) in [4.78, 5) is 27.5. The maximum absolute atomic E-state index is 13.1. The number of benzene rings is 2. The van der Waals surface area contributed by atoms with Gasteiger partial charge in [-0.15, -0.1) is 0 Å². The Balaban J connectivity index is 2.22. The van der Waals surface area contributed by atoms with E-state index in [4.69, 9.17) is 9.47 Å². The van der Waals surface area contributed by atoms with E-state index in [1.165, 1.54) is 0 Å². The van der Waals surface area contributed by atoms with E-state index in [0.717, 1.165) is 9.13 Å². The molecule has 0 aliphatic rings. The zero-order valence-electron chi connectivity index (χ0n) is 17.9. The standard InChI is InChI=1S/C23H29IN2O4/c1-5-21(23(28)25-16(2)3)26(14-17-7-6-8-20(13-17)29-4)22(27)15-30-19-11-9-18(24)10-12-19/h6-13,16,21H,5,14-15H2,1-4H3,(H,25,28). The van der Waals surface area contributed by atoms with Crippen LogP contribution in [0.3, 0.4) is 0 Å². The third-order valence-corrected chi connectivity index (χ3v) is 5.20. The molecule has 0 radical (unpaired) electrons. The van der Waals surface area contributed by atoms with Crippen LogP contribution in [0.4, 0.5) is 0 Å². The summed E-state index contributed by atoms with van der Waals surface area (Å²) in [6.07, 6.45) is 0.498. The zero-order chi connectivity index (χ0) is 22.1. The molecule has 30 heavy (non-hydrogen) atoms. The molecule has 0 bridgehead atoms. The van der Waals surface area contributed by atoms with Gasteiger partial charge in [-0.3, -0.25) is 9.59 Å². The van der Waals surface area contributed by atoms with Crippen LogP contribution >= 0.6 is 22.6 Å². The van der Waals surface area contributed by atoms with E-state index in [1.807, 2.05) is 69.3 Å². The van der Waals surface area contributed by atoms with Crippen LogP contribution in [0.25, 0.3) is 0 Å². The highest BCUT2D eigenvalue weighted by atomic mass is 127. The van der Waals surface area contributed by atoms with E-state index in [0.29, 0.717) is 17.9 Å². The maximum Gasteiger partial charge on any atom is 0.261 e. The minimum Gasteiger partial charge on any atom is -0.497 e. The number of carbonyl (C=O) groups is 2. The normalized spacial score (nSPS) is 11.7. The number of nitrogens with zero attached hydrogens (tertiary/aromatic N) is 1. The van der Waals surface area contributed by atoms with Crippen molar-refractivity contribution in [1.29, 1.82) is 0 Å². The molecule has 2 amide bonds. The van der Waals surface area contributed by atoms with Crippen LogP contribution in [0.5, 0.6) is 11.5 Å². The lowest BCUT2D eigenvalue weighted by Gasteiger charge is -2.31. The molecule has 1 atom stereocenters. The molecule has 0 saturated carbocycles. The summed E-state index contributed by atoms with van der Waals surface area (Å²) in [6.45, 7) is 5.85. The molecule has 1 unspecified atom stereocenters. The minimum atomic E-state index is -0.591. The summed E-state index contributed by atoms with van der Waals surface area (Å²) in [7, 11) is 1.60. The molecule has 162 valence electrons. The van der Waals surface area contributed by atoms with Crippen LogP contribution < -0.4 is 14.8 Å². The molecule has 2 aromatic carbocycles. The Morgan fingerprint density at radius 1 is 1.10 bits per heavy atom. The van der Waals surface area contributed by atoms with Crippen LogP contribution in [0.2, 0.25) is 0 Å². The second kappa shape index (κ2) is 11.8. The van der Waals surface area contributed by atoms with Gasteiger partial charge in [-0.05, 0) is 84.8 Å². The molecule has 2 aromatic rings. The molecule has 1 N–H and O–H groups in total. The summed E-state index contributed by atoms with van der Waals surface area (Å²) >= 11 is 2.21. The van der Waals surface area contributed by atoms with Crippen molar-refractivity contribution in [2.45, 2.75) is 45.8 Å². The fourth-order valence-corrected chi connectivity index (χ4v) is 3.39. The lowest BCUT2D eigenvalue weighted by atomic mass is 10.1. The number of carbonyl (C=O) groups excluding carboxylic acids is 2. The zero-order valence-corrected chi connectivity index (χ0v) is 20.0. The monoisotopic (exact) mass is 524 g/mol. The Bertz CT molecular complexity index is 839. The fraction of sp³-hybridized carbons (Fsp3) is 0.391. The summed E-state index contributed by atoms with van der Waals surface area (Å²) in [6, 6.07) is 14.4. The molecule has 0 fully saturated rings. The van der Waals surface area contributed by atoms with Gasteiger partial charge in [-0.25, -0.2) is 0 Å². The van der Waals surface area contributed by atoms with Gasteiger partial charge in [-0.2, -0.15) is 0 Å². The van der Waals surface area contributed by atoms with Crippen molar-refractivity contribution in [3.05, 3.63) is 57.7 Å². The molecule has 0 spiro atoms. The van der Waals surface area contributed by atoms with E-state index in [1.54, 1.807) is 12.0 Å². The highest BCUT2D eigenvalue weighted by Crippen LogP contribution is 2.18. The van der Waals surface area contributed by atoms with E-state index in [-0.39, 0.29) is 31.0 Å². The van der Waals surface area contributed by atoms with Gasteiger partial charge in [0, 0.05) is 16.2 Å². The molecule has 0 heterocycles. The van der Waals surface area contributed by atoms with Crippen LogP contribution in [0, 0.1) is 3.57 Å². The van der Waals surface area contributed by atoms with Crippen molar-refractivity contribution in [3.8, 4) is 11.5 Å². The molecule has 0 saturated heterocycles. The third-order valence-electron chi connectivity index (χ3n) is 4.48. The van der Waals surface area contributed by atoms with Gasteiger partial charge in [0.05, 0.1) is 7.11 Å². The number of methoxy groups -OCH3 is 1. The van der Waals surface area contributed by atoms with Crippen molar-refractivity contribution in [2.24, 2.45) is 0 Å². The van der Waals surface area contributed by atoms with Gasteiger partial charge < -0.3 is 19.7 Å². The number of hydrogen-bond acceptors (Lipinski definition) is 4. The number of ether oxygens (including phenoxy) is 2. The van der Waals surface area contributed by atoms with Crippen LogP contribution in [0.15, 0.2) is 48.5 Å². The predicted molar refractivity (Wildman–Crippen MR) is 126 cm³/mol. The van der Waals surface area contributed by atoms with E-state index < -0.39 is 6.04 Å². The van der Waals surface area contributed by atoms with Gasteiger partial charge in [0.1, 0.15) is 17.5 Å². The summed E-state index contributed by atoms with van der Waals surface area (Å²) < 4.78 is 12.1. The predicted octanol–water partition coefficient (Wildman–Crippen LogP) is 4.01. The summed E-state index contributed by atoms with van der Waals surface area (Å²) in [5, 5.41) is 2.92. The molecule has 0 aromatic heterocycles. The molecule has 0 aliphatic heterocycles. The highest BCUT2D eigenvalue weighted by molar-refractivity contribution is 14.1. The molecular formula is C23H29IN2O4. The Hall–Kier alpha value is -2.29. The van der Waals surface area contributed by atoms with E-state index in [2.05, 4.69) is 27.9 Å². The van der Waals surface area contributed by atoms with Crippen molar-refractivity contribution in [3.63, 3.8) is 0 Å². The first kappa shape index (κ1) is 24.0. The van der Waals surface area contributed by atoms with E-state index in [9.17, 15) is 9.59 Å². The molecule has 0 aliphatic carbocycles. The Morgan fingerprint density at radius 3 is 2.40 bits per heavy atom. The number of amides is 2. The van der Waals surface area contributed by atoms with Gasteiger partial charge in [0.25, 0.3) is 5.91 Å². The Morgan fingerprint density at radius 2 is 1.80 bits per heavy atom. The first-order valence-electron chi connectivity index (χ1n) is 9.95.